The van der Waals surface area contributed by atoms with E-state index in [1.807, 2.05) is 0 Å². The number of rotatable bonds is 2. The lowest BCUT2D eigenvalue weighted by atomic mass is 10.0. The molecule has 3 heteroatoms. The molecule has 0 aromatic carbocycles. The lowest BCUT2D eigenvalue weighted by Crippen LogP contribution is -2.51. The fourth-order valence-electron chi connectivity index (χ4n) is 1.32. The van der Waals surface area contributed by atoms with Crippen LogP contribution in [0.25, 0.3) is 0 Å². The van der Waals surface area contributed by atoms with E-state index in [0.717, 1.165) is 26.1 Å². The van der Waals surface area contributed by atoms with Gasteiger partial charge in [0.25, 0.3) is 0 Å². The maximum atomic E-state index is 9.40. The van der Waals surface area contributed by atoms with Gasteiger partial charge in [-0.05, 0) is 19.5 Å². The Morgan fingerprint density at radius 1 is 1.70 bits per heavy atom. The molecule has 0 aromatic rings. The standard InChI is InChI=1S/C7H16N2O/c1-2-9-6-5-8-4-3-7(6)10/h6-10H,2-5H2,1H3. The van der Waals surface area contributed by atoms with E-state index in [4.69, 9.17) is 0 Å². The summed E-state index contributed by atoms with van der Waals surface area (Å²) in [6.45, 7) is 4.84. The SMILES string of the molecule is CCNC1CNCCC1O. The quantitative estimate of drug-likeness (QED) is 0.481. The van der Waals surface area contributed by atoms with Gasteiger partial charge in [0.15, 0.2) is 0 Å². The molecule has 1 aliphatic rings. The first-order valence-electron chi connectivity index (χ1n) is 3.96. The second-order valence-corrected chi connectivity index (χ2v) is 2.72. The summed E-state index contributed by atoms with van der Waals surface area (Å²) in [6.07, 6.45) is 0.721. The van der Waals surface area contributed by atoms with Gasteiger partial charge < -0.3 is 15.7 Å². The Kier molecular flexibility index (Phi) is 3.12. The van der Waals surface area contributed by atoms with Crippen molar-refractivity contribution in [2.75, 3.05) is 19.6 Å². The molecule has 3 nitrogen and oxygen atoms in total. The van der Waals surface area contributed by atoms with Gasteiger partial charge in [-0.3, -0.25) is 0 Å². The van der Waals surface area contributed by atoms with E-state index >= 15 is 0 Å². The second-order valence-electron chi connectivity index (χ2n) is 2.72. The fraction of sp³-hybridized carbons (Fsp3) is 1.00. The maximum Gasteiger partial charge on any atom is 0.0717 e. The first kappa shape index (κ1) is 7.98. The van der Waals surface area contributed by atoms with Crippen molar-refractivity contribution in [3.05, 3.63) is 0 Å². The Hall–Kier alpha value is -0.120. The number of aliphatic hydroxyl groups is 1. The molecule has 60 valence electrons. The van der Waals surface area contributed by atoms with Gasteiger partial charge in [-0.25, -0.2) is 0 Å². The van der Waals surface area contributed by atoms with Crippen LogP contribution < -0.4 is 10.6 Å². The van der Waals surface area contributed by atoms with Crippen LogP contribution >= 0.6 is 0 Å². The Morgan fingerprint density at radius 3 is 3.10 bits per heavy atom. The van der Waals surface area contributed by atoms with Gasteiger partial charge in [-0.2, -0.15) is 0 Å². The zero-order valence-electron chi connectivity index (χ0n) is 6.43. The maximum absolute atomic E-state index is 9.40. The van der Waals surface area contributed by atoms with E-state index in [-0.39, 0.29) is 12.1 Å². The van der Waals surface area contributed by atoms with Crippen LogP contribution in [0.5, 0.6) is 0 Å². The largest absolute Gasteiger partial charge is 0.391 e. The van der Waals surface area contributed by atoms with Crippen LogP contribution in [-0.4, -0.2) is 36.9 Å². The molecular weight excluding hydrogens is 128 g/mol. The van der Waals surface area contributed by atoms with Crippen LogP contribution in [-0.2, 0) is 0 Å². The fourth-order valence-corrected chi connectivity index (χ4v) is 1.32. The number of aliphatic hydroxyl groups excluding tert-OH is 1. The molecule has 0 saturated carbocycles. The van der Waals surface area contributed by atoms with Crippen molar-refractivity contribution in [3.63, 3.8) is 0 Å². The summed E-state index contributed by atoms with van der Waals surface area (Å²) in [7, 11) is 0. The van der Waals surface area contributed by atoms with Crippen molar-refractivity contribution in [3.8, 4) is 0 Å². The van der Waals surface area contributed by atoms with Gasteiger partial charge in [-0.1, -0.05) is 6.92 Å². The number of likely N-dealkylation sites (N-methyl/N-ethyl adjacent to an activating group) is 1. The normalized spacial score (nSPS) is 34.2. The molecule has 0 aromatic heterocycles. The van der Waals surface area contributed by atoms with E-state index in [9.17, 15) is 5.11 Å². The summed E-state index contributed by atoms with van der Waals surface area (Å²) < 4.78 is 0. The van der Waals surface area contributed by atoms with Crippen molar-refractivity contribution < 1.29 is 5.11 Å². The number of hydrogen-bond acceptors (Lipinski definition) is 3. The summed E-state index contributed by atoms with van der Waals surface area (Å²) in [5.41, 5.74) is 0. The number of piperidine rings is 1. The average molecular weight is 144 g/mol. The zero-order chi connectivity index (χ0) is 7.40. The van der Waals surface area contributed by atoms with E-state index < -0.39 is 0 Å². The van der Waals surface area contributed by atoms with Crippen molar-refractivity contribution in [1.82, 2.24) is 10.6 Å². The molecule has 1 saturated heterocycles. The molecule has 1 rings (SSSR count). The van der Waals surface area contributed by atoms with Crippen LogP contribution in [0.1, 0.15) is 13.3 Å². The summed E-state index contributed by atoms with van der Waals surface area (Å²) in [5, 5.41) is 15.8. The molecule has 1 aliphatic heterocycles. The first-order valence-corrected chi connectivity index (χ1v) is 3.96. The monoisotopic (exact) mass is 144 g/mol. The van der Waals surface area contributed by atoms with Crippen molar-refractivity contribution in [2.24, 2.45) is 0 Å². The van der Waals surface area contributed by atoms with E-state index in [0.29, 0.717) is 0 Å². The van der Waals surface area contributed by atoms with E-state index in [2.05, 4.69) is 17.6 Å². The Balaban J connectivity index is 2.25. The molecule has 1 heterocycles. The highest BCUT2D eigenvalue weighted by atomic mass is 16.3. The average Bonchev–Trinajstić information content (AvgIpc) is 1.94. The van der Waals surface area contributed by atoms with Gasteiger partial charge in [0.2, 0.25) is 0 Å². The molecule has 0 radical (unpaired) electrons. The minimum atomic E-state index is -0.152. The Labute approximate surface area is 61.8 Å². The minimum Gasteiger partial charge on any atom is -0.391 e. The van der Waals surface area contributed by atoms with Gasteiger partial charge in [0.1, 0.15) is 0 Å². The second kappa shape index (κ2) is 3.91. The third kappa shape index (κ3) is 1.94. The minimum absolute atomic E-state index is 0.152. The molecule has 2 atom stereocenters. The lowest BCUT2D eigenvalue weighted by molar-refractivity contribution is 0.100. The highest BCUT2D eigenvalue weighted by Gasteiger charge is 2.20. The van der Waals surface area contributed by atoms with E-state index in [1.165, 1.54) is 0 Å². The summed E-state index contributed by atoms with van der Waals surface area (Å²) >= 11 is 0. The number of hydrogen-bond donors (Lipinski definition) is 3. The molecule has 10 heavy (non-hydrogen) atoms. The highest BCUT2D eigenvalue weighted by molar-refractivity contribution is 4.82. The molecule has 0 aliphatic carbocycles. The molecule has 0 spiro atoms. The van der Waals surface area contributed by atoms with Crippen molar-refractivity contribution in [1.29, 1.82) is 0 Å². The zero-order valence-corrected chi connectivity index (χ0v) is 6.43. The molecule has 1 fully saturated rings. The number of nitrogens with one attached hydrogen (secondary N) is 2. The van der Waals surface area contributed by atoms with E-state index in [1.54, 1.807) is 0 Å². The van der Waals surface area contributed by atoms with Gasteiger partial charge >= 0.3 is 0 Å². The molecule has 2 unspecified atom stereocenters. The van der Waals surface area contributed by atoms with Crippen LogP contribution in [0.3, 0.4) is 0 Å². The lowest BCUT2D eigenvalue weighted by Gasteiger charge is -2.28. The Bertz CT molecular complexity index is 95.6. The van der Waals surface area contributed by atoms with Gasteiger partial charge in [0, 0.05) is 12.6 Å². The third-order valence-electron chi connectivity index (χ3n) is 1.91. The van der Waals surface area contributed by atoms with Crippen molar-refractivity contribution >= 4 is 0 Å². The third-order valence-corrected chi connectivity index (χ3v) is 1.91. The molecule has 3 N–H and O–H groups in total. The predicted molar refractivity (Wildman–Crippen MR) is 41.0 cm³/mol. The smallest absolute Gasteiger partial charge is 0.0717 e. The van der Waals surface area contributed by atoms with Crippen LogP contribution in [0.4, 0.5) is 0 Å². The molecule has 0 amide bonds. The Morgan fingerprint density at radius 2 is 2.50 bits per heavy atom. The van der Waals surface area contributed by atoms with Crippen LogP contribution in [0.15, 0.2) is 0 Å². The predicted octanol–water partition coefficient (Wildman–Crippen LogP) is -0.681. The molecular formula is C7H16N2O. The summed E-state index contributed by atoms with van der Waals surface area (Å²) in [6, 6.07) is 0.263. The summed E-state index contributed by atoms with van der Waals surface area (Å²) in [4.78, 5) is 0. The van der Waals surface area contributed by atoms with Crippen LogP contribution in [0.2, 0.25) is 0 Å². The van der Waals surface area contributed by atoms with Crippen molar-refractivity contribution in [2.45, 2.75) is 25.5 Å². The topological polar surface area (TPSA) is 44.3 Å². The van der Waals surface area contributed by atoms with Gasteiger partial charge in [-0.15, -0.1) is 0 Å². The van der Waals surface area contributed by atoms with Crippen LogP contribution in [0, 0.1) is 0 Å². The first-order chi connectivity index (χ1) is 4.84. The molecule has 0 bridgehead atoms. The van der Waals surface area contributed by atoms with Gasteiger partial charge in [0.05, 0.1) is 6.10 Å². The summed E-state index contributed by atoms with van der Waals surface area (Å²) in [5.74, 6) is 0. The highest BCUT2D eigenvalue weighted by Crippen LogP contribution is 2.01.